The molecule has 0 atom stereocenters. The summed E-state index contributed by atoms with van der Waals surface area (Å²) in [5.41, 5.74) is 10.1. The zero-order chi connectivity index (χ0) is 37.0. The molecule has 11 rings (SSSR count). The van der Waals surface area contributed by atoms with Gasteiger partial charge in [-0.25, -0.2) is 19.9 Å². The van der Waals surface area contributed by atoms with Crippen LogP contribution in [0.25, 0.3) is 100 Å². The number of aromatic nitrogens is 6. The van der Waals surface area contributed by atoms with Gasteiger partial charge in [-0.05, 0) is 77.5 Å². The Morgan fingerprint density at radius 3 is 1.68 bits per heavy atom. The van der Waals surface area contributed by atoms with E-state index in [1.54, 1.807) is 0 Å². The van der Waals surface area contributed by atoms with Gasteiger partial charge in [0.05, 0.1) is 22.2 Å². The van der Waals surface area contributed by atoms with Gasteiger partial charge in [0.2, 0.25) is 0 Å². The lowest BCUT2D eigenvalue weighted by atomic mass is 10.0. The molecule has 0 saturated carbocycles. The first-order chi connectivity index (χ1) is 27.7. The van der Waals surface area contributed by atoms with Gasteiger partial charge in [-0.1, -0.05) is 121 Å². The fourth-order valence-corrected chi connectivity index (χ4v) is 7.93. The fourth-order valence-electron chi connectivity index (χ4n) is 7.93. The summed E-state index contributed by atoms with van der Waals surface area (Å²) in [7, 11) is 0. The molecule has 0 aliphatic carbocycles. The molecule has 6 nitrogen and oxygen atoms in total. The third-order valence-electron chi connectivity index (χ3n) is 10.6. The average Bonchev–Trinajstić information content (AvgIpc) is 3.86. The first kappa shape index (κ1) is 31.8. The van der Waals surface area contributed by atoms with Crippen LogP contribution < -0.4 is 0 Å². The topological polar surface area (TPSA) is 61.4 Å². The molecule has 0 fully saturated rings. The summed E-state index contributed by atoms with van der Waals surface area (Å²) in [6.45, 7) is 0. The molecule has 4 heterocycles. The van der Waals surface area contributed by atoms with Gasteiger partial charge in [-0.15, -0.1) is 0 Å². The third kappa shape index (κ3) is 5.35. The summed E-state index contributed by atoms with van der Waals surface area (Å²) in [6.07, 6.45) is 2.17. The Balaban J connectivity index is 1.01. The zero-order valence-corrected chi connectivity index (χ0v) is 30.2. The van der Waals surface area contributed by atoms with Crippen molar-refractivity contribution in [3.8, 4) is 56.9 Å². The van der Waals surface area contributed by atoms with Gasteiger partial charge in [-0.3, -0.25) is 0 Å². The lowest BCUT2D eigenvalue weighted by molar-refractivity contribution is 1.06. The van der Waals surface area contributed by atoms with E-state index in [1.807, 2.05) is 78.9 Å². The predicted octanol–water partition coefficient (Wildman–Crippen LogP) is 12.1. The Morgan fingerprint density at radius 1 is 0.321 bits per heavy atom. The molecule has 0 aliphatic rings. The molecule has 7 aromatic carbocycles. The maximum Gasteiger partial charge on any atom is 0.182 e. The Labute approximate surface area is 322 Å². The summed E-state index contributed by atoms with van der Waals surface area (Å²) >= 11 is 0. The molecule has 0 bridgehead atoms. The molecule has 0 saturated heterocycles. The van der Waals surface area contributed by atoms with Gasteiger partial charge >= 0.3 is 0 Å². The quantitative estimate of drug-likeness (QED) is 0.172. The molecule has 0 N–H and O–H groups in total. The van der Waals surface area contributed by atoms with Crippen molar-refractivity contribution >= 4 is 43.5 Å². The molecule has 56 heavy (non-hydrogen) atoms. The van der Waals surface area contributed by atoms with Crippen LogP contribution in [0.15, 0.2) is 194 Å². The zero-order valence-electron chi connectivity index (χ0n) is 30.2. The minimum absolute atomic E-state index is 0.530. The van der Waals surface area contributed by atoms with Gasteiger partial charge in [0.15, 0.2) is 17.5 Å². The second-order valence-corrected chi connectivity index (χ2v) is 14.0. The van der Waals surface area contributed by atoms with E-state index in [2.05, 4.69) is 125 Å². The van der Waals surface area contributed by atoms with Crippen LogP contribution in [-0.4, -0.2) is 29.1 Å². The van der Waals surface area contributed by atoms with Crippen molar-refractivity contribution in [1.29, 1.82) is 0 Å². The number of benzene rings is 7. The first-order valence-corrected chi connectivity index (χ1v) is 18.7. The Kier molecular flexibility index (Phi) is 7.38. The van der Waals surface area contributed by atoms with E-state index < -0.39 is 0 Å². The molecular weight excluding hydrogens is 685 g/mol. The highest BCUT2D eigenvalue weighted by molar-refractivity contribution is 6.18. The van der Waals surface area contributed by atoms with Gasteiger partial charge in [-0.2, -0.15) is 0 Å². The summed E-state index contributed by atoms with van der Waals surface area (Å²) in [5.74, 6) is 1.75. The van der Waals surface area contributed by atoms with E-state index in [0.29, 0.717) is 23.2 Å². The number of nitrogens with zero attached hydrogens (tertiary/aromatic N) is 6. The van der Waals surface area contributed by atoms with Gasteiger partial charge < -0.3 is 9.13 Å². The summed E-state index contributed by atoms with van der Waals surface area (Å²) < 4.78 is 4.65. The van der Waals surface area contributed by atoms with Crippen molar-refractivity contribution in [3.05, 3.63) is 194 Å². The monoisotopic (exact) mass is 716 g/mol. The number of pyridine rings is 1. The Morgan fingerprint density at radius 2 is 0.946 bits per heavy atom. The molecule has 0 aliphatic heterocycles. The summed E-state index contributed by atoms with van der Waals surface area (Å²) in [6, 6.07) is 65.4. The second kappa shape index (κ2) is 13.0. The van der Waals surface area contributed by atoms with Gasteiger partial charge in [0, 0.05) is 50.4 Å². The molecule has 4 aromatic heterocycles. The molecule has 0 radical (unpaired) electrons. The van der Waals surface area contributed by atoms with E-state index in [4.69, 9.17) is 19.9 Å². The van der Waals surface area contributed by atoms with Crippen molar-refractivity contribution in [2.24, 2.45) is 0 Å². The number of rotatable bonds is 6. The summed E-state index contributed by atoms with van der Waals surface area (Å²) in [5, 5.41) is 6.15. The number of hydrogen-bond donors (Lipinski definition) is 0. The van der Waals surface area contributed by atoms with Gasteiger partial charge in [0.25, 0.3) is 0 Å². The maximum atomic E-state index is 5.10. The van der Waals surface area contributed by atoms with E-state index in [9.17, 15) is 0 Å². The van der Waals surface area contributed by atoms with Crippen LogP contribution in [0.2, 0.25) is 0 Å². The maximum absolute atomic E-state index is 5.10. The third-order valence-corrected chi connectivity index (χ3v) is 10.6. The lowest BCUT2D eigenvalue weighted by Crippen LogP contribution is -2.01. The van der Waals surface area contributed by atoms with Crippen molar-refractivity contribution < 1.29 is 0 Å². The van der Waals surface area contributed by atoms with Gasteiger partial charge in [0.1, 0.15) is 5.69 Å². The molecule has 262 valence electrons. The number of hydrogen-bond acceptors (Lipinski definition) is 4. The highest BCUT2D eigenvalue weighted by Crippen LogP contribution is 2.38. The van der Waals surface area contributed by atoms with Crippen molar-refractivity contribution in [3.63, 3.8) is 0 Å². The minimum atomic E-state index is 0.530. The van der Waals surface area contributed by atoms with Crippen molar-refractivity contribution in [1.82, 2.24) is 29.1 Å². The Bertz CT molecular complexity index is 3160. The van der Waals surface area contributed by atoms with E-state index in [-0.39, 0.29) is 0 Å². The molecule has 0 spiro atoms. The highest BCUT2D eigenvalue weighted by atomic mass is 15.0. The molecule has 0 unspecified atom stereocenters. The van der Waals surface area contributed by atoms with E-state index in [1.165, 1.54) is 43.5 Å². The standard InChI is InChI=1S/C50H32N6/c1-4-13-34(14-5-1)48-52-49(35-15-6-2-7-16-35)54-50(53-48)44-21-12-20-43(51-44)33-23-26-38(27-24-33)56-46-22-11-10-19-39(46)42-31-36-25-28-45-40(41(36)32-47(42)56)29-30-55(45)37-17-8-3-9-18-37/h1-32H. The molecular formula is C50H32N6. The fraction of sp³-hybridized carbons (Fsp3) is 0. The lowest BCUT2D eigenvalue weighted by Gasteiger charge is -2.11. The first-order valence-electron chi connectivity index (χ1n) is 18.7. The smallest absolute Gasteiger partial charge is 0.182 e. The van der Waals surface area contributed by atoms with Crippen LogP contribution >= 0.6 is 0 Å². The van der Waals surface area contributed by atoms with Crippen LogP contribution in [0.5, 0.6) is 0 Å². The molecule has 0 amide bonds. The average molecular weight is 717 g/mol. The Hall–Kier alpha value is -7.70. The SMILES string of the molecule is c1ccc(-c2nc(-c3ccccc3)nc(-c3cccc(-c4ccc(-n5c6ccccc6c6cc7ccc8c(ccn8-c8ccccc8)c7cc65)cc4)n3)n2)cc1. The van der Waals surface area contributed by atoms with E-state index in [0.717, 1.165) is 33.8 Å². The number of fused-ring (bicyclic) bond motifs is 6. The summed E-state index contributed by atoms with van der Waals surface area (Å²) in [4.78, 5) is 19.8. The van der Waals surface area contributed by atoms with Crippen LogP contribution in [0.3, 0.4) is 0 Å². The van der Waals surface area contributed by atoms with Crippen molar-refractivity contribution in [2.75, 3.05) is 0 Å². The molecule has 6 heteroatoms. The van der Waals surface area contributed by atoms with Crippen LogP contribution in [0.1, 0.15) is 0 Å². The van der Waals surface area contributed by atoms with Crippen LogP contribution in [-0.2, 0) is 0 Å². The van der Waals surface area contributed by atoms with Crippen molar-refractivity contribution in [2.45, 2.75) is 0 Å². The van der Waals surface area contributed by atoms with E-state index >= 15 is 0 Å². The predicted molar refractivity (Wildman–Crippen MR) is 228 cm³/mol. The highest BCUT2D eigenvalue weighted by Gasteiger charge is 2.17. The van der Waals surface area contributed by atoms with Crippen LogP contribution in [0.4, 0.5) is 0 Å². The second-order valence-electron chi connectivity index (χ2n) is 14.0. The van der Waals surface area contributed by atoms with Crippen LogP contribution in [0, 0.1) is 0 Å². The number of para-hydroxylation sites is 2. The largest absolute Gasteiger partial charge is 0.317 e. The normalized spacial score (nSPS) is 11.6. The molecule has 11 aromatic rings. The minimum Gasteiger partial charge on any atom is -0.317 e.